The normalized spacial score (nSPS) is 7.76. The first-order valence-electron chi connectivity index (χ1n) is 4.35. The van der Waals surface area contributed by atoms with E-state index in [-0.39, 0.29) is 17.8 Å². The predicted octanol–water partition coefficient (Wildman–Crippen LogP) is 1.85. The minimum Gasteiger partial charge on any atom is -0.478 e. The third-order valence-corrected chi connectivity index (χ3v) is 1.83. The van der Waals surface area contributed by atoms with E-state index in [1.54, 1.807) is 0 Å². The third kappa shape index (κ3) is 31.3. The molecule has 0 atom stereocenters. The summed E-state index contributed by atoms with van der Waals surface area (Å²) in [6.07, 6.45) is 0. The zero-order valence-electron chi connectivity index (χ0n) is 9.84. The number of aliphatic hydroxyl groups is 1. The molecule has 0 heterocycles. The molecule has 0 aliphatic carbocycles. The maximum absolute atomic E-state index is 9.60. The molecule has 7 heteroatoms. The molecule has 17 heavy (non-hydrogen) atoms. The largest absolute Gasteiger partial charge is 0.478 e. The fourth-order valence-electron chi connectivity index (χ4n) is 0.0408. The van der Waals surface area contributed by atoms with Gasteiger partial charge in [0.1, 0.15) is 0 Å². The number of carbonyl (C=O) groups is 2. The Kier molecular flexibility index (Phi) is 19.0. The van der Waals surface area contributed by atoms with Gasteiger partial charge in [-0.2, -0.15) is 0 Å². The molecule has 0 aliphatic rings. The van der Waals surface area contributed by atoms with E-state index in [4.69, 9.17) is 15.3 Å². The second-order valence-corrected chi connectivity index (χ2v) is 4.17. The van der Waals surface area contributed by atoms with Gasteiger partial charge < -0.3 is 15.3 Å². The number of hydrogen-bond donors (Lipinski definition) is 4. The summed E-state index contributed by atoms with van der Waals surface area (Å²) in [6.45, 7) is 9.43. The summed E-state index contributed by atoms with van der Waals surface area (Å²) in [5.74, 6) is -1.15. The van der Waals surface area contributed by atoms with E-state index < -0.39 is 11.9 Å². The summed E-state index contributed by atoms with van der Waals surface area (Å²) in [5.41, 5.74) is 0.352. The van der Waals surface area contributed by atoms with Crippen LogP contribution in [-0.2, 0) is 9.59 Å². The van der Waals surface area contributed by atoms with Crippen molar-refractivity contribution in [1.82, 2.24) is 0 Å². The van der Waals surface area contributed by atoms with Gasteiger partial charge in [0.15, 0.2) is 0 Å². The van der Waals surface area contributed by atoms with Crippen LogP contribution in [0, 0.1) is 0 Å². The Morgan fingerprint density at radius 3 is 1.35 bits per heavy atom. The average Bonchev–Trinajstić information content (AvgIpc) is 2.20. The second kappa shape index (κ2) is 15.1. The van der Waals surface area contributed by atoms with Gasteiger partial charge in [-0.3, -0.25) is 0 Å². The van der Waals surface area contributed by atoms with Crippen molar-refractivity contribution >= 4 is 34.4 Å². The summed E-state index contributed by atoms with van der Waals surface area (Å²) in [6, 6.07) is 0. The standard InChI is InChI=1S/2C4H6O2.C2H6OS2/c2*1-3(2)4(5)6;3-1-2-5-4/h2*1H2,2H3,(H,5,6);3-4H,1-2H2. The molecule has 3 N–H and O–H groups in total. The molecule has 0 fully saturated rings. The molecule has 0 aromatic rings. The summed E-state index contributed by atoms with van der Waals surface area (Å²) in [7, 11) is 1.35. The zero-order chi connectivity index (χ0) is 14.4. The molecule has 0 unspecified atom stereocenters. The van der Waals surface area contributed by atoms with Crippen LogP contribution in [0.4, 0.5) is 0 Å². The van der Waals surface area contributed by atoms with E-state index in [1.165, 1.54) is 24.6 Å². The summed E-state index contributed by atoms with van der Waals surface area (Å²) >= 11 is 3.76. The van der Waals surface area contributed by atoms with Crippen LogP contribution in [0.2, 0.25) is 0 Å². The summed E-state index contributed by atoms with van der Waals surface area (Å²) in [4.78, 5) is 19.2. The Balaban J connectivity index is -0.000000174. The van der Waals surface area contributed by atoms with Gasteiger partial charge in [-0.15, -0.1) is 11.7 Å². The Morgan fingerprint density at radius 1 is 1.12 bits per heavy atom. The van der Waals surface area contributed by atoms with Gasteiger partial charge in [-0.25, -0.2) is 9.59 Å². The van der Waals surface area contributed by atoms with Crippen molar-refractivity contribution in [2.75, 3.05) is 12.4 Å². The minimum atomic E-state index is -0.935. The van der Waals surface area contributed by atoms with Crippen LogP contribution in [0.3, 0.4) is 0 Å². The van der Waals surface area contributed by atoms with Crippen LogP contribution in [0.5, 0.6) is 0 Å². The van der Waals surface area contributed by atoms with Crippen LogP contribution in [-0.4, -0.2) is 39.6 Å². The minimum absolute atomic E-state index is 0.176. The molecule has 0 aromatic carbocycles. The molecule has 0 spiro atoms. The SMILES string of the molecule is C=C(C)C(=O)O.C=C(C)C(=O)O.OCCSS. The topological polar surface area (TPSA) is 94.8 Å². The lowest BCUT2D eigenvalue weighted by atomic mass is 10.4. The van der Waals surface area contributed by atoms with Gasteiger partial charge in [0, 0.05) is 16.9 Å². The summed E-state index contributed by atoms with van der Waals surface area (Å²) in [5, 5.41) is 23.8. The molecule has 0 amide bonds. The van der Waals surface area contributed by atoms with Gasteiger partial charge in [0.25, 0.3) is 0 Å². The molecule has 0 saturated heterocycles. The Morgan fingerprint density at radius 2 is 1.35 bits per heavy atom. The predicted molar refractivity (Wildman–Crippen MR) is 73.4 cm³/mol. The fourth-order valence-corrected chi connectivity index (χ4v) is 0.367. The molecule has 0 bridgehead atoms. The number of aliphatic carboxylic acids is 2. The van der Waals surface area contributed by atoms with Crippen LogP contribution in [0.15, 0.2) is 24.3 Å². The second-order valence-electron chi connectivity index (χ2n) is 2.73. The van der Waals surface area contributed by atoms with E-state index in [1.807, 2.05) is 0 Å². The van der Waals surface area contributed by atoms with Gasteiger partial charge in [-0.1, -0.05) is 24.0 Å². The Labute approximate surface area is 110 Å². The Hall–Kier alpha value is -0.920. The van der Waals surface area contributed by atoms with E-state index in [2.05, 4.69) is 24.8 Å². The number of rotatable bonds is 4. The van der Waals surface area contributed by atoms with Crippen molar-refractivity contribution in [3.05, 3.63) is 24.3 Å². The summed E-state index contributed by atoms with van der Waals surface area (Å²) < 4.78 is 0. The lowest BCUT2D eigenvalue weighted by Gasteiger charge is -1.79. The van der Waals surface area contributed by atoms with Crippen molar-refractivity contribution in [1.29, 1.82) is 0 Å². The Bertz CT molecular complexity index is 213. The molecule has 0 radical (unpaired) electrons. The highest BCUT2D eigenvalue weighted by molar-refractivity contribution is 8.68. The number of carboxylic acids is 2. The molecule has 0 aliphatic heterocycles. The molecule has 100 valence electrons. The van der Waals surface area contributed by atoms with Crippen molar-refractivity contribution in [3.63, 3.8) is 0 Å². The number of thiol groups is 1. The van der Waals surface area contributed by atoms with E-state index >= 15 is 0 Å². The van der Waals surface area contributed by atoms with Gasteiger partial charge >= 0.3 is 11.9 Å². The molecule has 5 nitrogen and oxygen atoms in total. The fraction of sp³-hybridized carbons (Fsp3) is 0.400. The molecular formula is C10H18O5S2. The molecule has 0 aromatic heterocycles. The smallest absolute Gasteiger partial charge is 0.330 e. The first-order valence-corrected chi connectivity index (χ1v) is 6.39. The van der Waals surface area contributed by atoms with Crippen LogP contribution < -0.4 is 0 Å². The molecule has 0 saturated carbocycles. The van der Waals surface area contributed by atoms with Gasteiger partial charge in [0.2, 0.25) is 0 Å². The number of carboxylic acid groups (broad SMARTS) is 2. The highest BCUT2D eigenvalue weighted by Gasteiger charge is 1.90. The van der Waals surface area contributed by atoms with Crippen molar-refractivity contribution < 1.29 is 24.9 Å². The van der Waals surface area contributed by atoms with E-state index in [0.29, 0.717) is 0 Å². The third-order valence-electron chi connectivity index (χ3n) is 0.913. The van der Waals surface area contributed by atoms with Crippen molar-refractivity contribution in [3.8, 4) is 0 Å². The number of aliphatic hydroxyl groups excluding tert-OH is 1. The van der Waals surface area contributed by atoms with Crippen molar-refractivity contribution in [2.24, 2.45) is 0 Å². The maximum atomic E-state index is 9.60. The van der Waals surface area contributed by atoms with Crippen molar-refractivity contribution in [2.45, 2.75) is 13.8 Å². The molecular weight excluding hydrogens is 264 g/mol. The first-order chi connectivity index (χ1) is 7.70. The highest BCUT2D eigenvalue weighted by Crippen LogP contribution is 2.00. The maximum Gasteiger partial charge on any atom is 0.330 e. The quantitative estimate of drug-likeness (QED) is 0.357. The highest BCUT2D eigenvalue weighted by atomic mass is 33.1. The monoisotopic (exact) mass is 282 g/mol. The lowest BCUT2D eigenvalue weighted by molar-refractivity contribution is -0.133. The van der Waals surface area contributed by atoms with Crippen LogP contribution >= 0.6 is 22.5 Å². The van der Waals surface area contributed by atoms with Gasteiger partial charge in [0.05, 0.1) is 6.61 Å². The van der Waals surface area contributed by atoms with Crippen LogP contribution in [0.25, 0.3) is 0 Å². The van der Waals surface area contributed by atoms with E-state index in [9.17, 15) is 9.59 Å². The molecule has 0 rings (SSSR count). The number of hydrogen-bond acceptors (Lipinski definition) is 5. The van der Waals surface area contributed by atoms with E-state index in [0.717, 1.165) is 5.75 Å². The zero-order valence-corrected chi connectivity index (χ0v) is 11.6. The lowest BCUT2D eigenvalue weighted by Crippen LogP contribution is -1.92. The average molecular weight is 282 g/mol. The first kappa shape index (κ1) is 21.4. The van der Waals surface area contributed by atoms with Crippen LogP contribution in [0.1, 0.15) is 13.8 Å². The van der Waals surface area contributed by atoms with Gasteiger partial charge in [-0.05, 0) is 13.8 Å².